The van der Waals surface area contributed by atoms with Crippen molar-refractivity contribution in [3.8, 4) is 11.5 Å². The second kappa shape index (κ2) is 8.67. The Morgan fingerprint density at radius 2 is 1.38 bits per heavy atom. The van der Waals surface area contributed by atoms with Gasteiger partial charge in [0.15, 0.2) is 0 Å². The van der Waals surface area contributed by atoms with E-state index >= 15 is 0 Å². The topological polar surface area (TPSA) is 30.8 Å². The van der Waals surface area contributed by atoms with Gasteiger partial charge in [-0.3, -0.25) is 0 Å². The fourth-order valence-electron chi connectivity index (χ4n) is 2.24. The second-order valence-corrected chi connectivity index (χ2v) is 5.90. The minimum atomic E-state index is 0.496. The van der Waals surface area contributed by atoms with Crippen molar-refractivity contribution >= 4 is 11.6 Å². The zero-order valence-corrected chi connectivity index (χ0v) is 14.9. The van der Waals surface area contributed by atoms with Crippen LogP contribution in [-0.2, 0) is 0 Å². The molecule has 0 atom stereocenters. The van der Waals surface area contributed by atoms with Crippen molar-refractivity contribution in [1.82, 2.24) is 0 Å². The van der Waals surface area contributed by atoms with Crippen molar-refractivity contribution in [1.29, 1.82) is 0 Å². The summed E-state index contributed by atoms with van der Waals surface area (Å²) in [5.74, 6) is 2.00. The molecule has 0 aliphatic heterocycles. The van der Waals surface area contributed by atoms with Crippen LogP contribution in [0.5, 0.6) is 11.5 Å². The number of benzene rings is 3. The van der Waals surface area contributed by atoms with Gasteiger partial charge in [0, 0.05) is 5.57 Å². The van der Waals surface area contributed by atoms with Crippen LogP contribution in [-0.4, -0.2) is 5.90 Å². The van der Waals surface area contributed by atoms with Crippen molar-refractivity contribution in [3.05, 3.63) is 102 Å². The molecule has 3 aromatic carbocycles. The van der Waals surface area contributed by atoms with Crippen LogP contribution in [0.25, 0.3) is 0 Å². The maximum Gasteiger partial charge on any atom is 0.225 e. The highest BCUT2D eigenvalue weighted by Crippen LogP contribution is 2.18. The molecular weight excluding hydrogens is 322 g/mol. The van der Waals surface area contributed by atoms with Crippen LogP contribution in [0.15, 0.2) is 102 Å². The number of aryl methyl sites for hydroxylation is 1. The Bertz CT molecular complexity index is 883. The molecule has 0 saturated heterocycles. The highest BCUT2D eigenvalue weighted by molar-refractivity contribution is 5.96. The molecule has 0 aromatic heterocycles. The summed E-state index contributed by atoms with van der Waals surface area (Å²) in [5.41, 5.74) is 2.79. The van der Waals surface area contributed by atoms with E-state index < -0.39 is 0 Å². The molecule has 0 radical (unpaired) electrons. The summed E-state index contributed by atoms with van der Waals surface area (Å²) in [6, 6.07) is 27.2. The second-order valence-electron chi connectivity index (χ2n) is 5.90. The lowest BCUT2D eigenvalue weighted by atomic mass is 10.2. The summed E-state index contributed by atoms with van der Waals surface area (Å²) in [6.07, 6.45) is 1.66. The zero-order chi connectivity index (χ0) is 18.2. The van der Waals surface area contributed by atoms with Gasteiger partial charge in [0.1, 0.15) is 11.5 Å². The first-order valence-electron chi connectivity index (χ1n) is 8.48. The van der Waals surface area contributed by atoms with Gasteiger partial charge in [-0.2, -0.15) is 0 Å². The molecule has 0 unspecified atom stereocenters. The molecule has 26 heavy (non-hydrogen) atoms. The first kappa shape index (κ1) is 17.5. The number of nitrogens with zero attached hydrogens (tertiary/aromatic N) is 1. The number of hydrogen-bond donors (Lipinski definition) is 0. The average Bonchev–Trinajstić information content (AvgIpc) is 2.69. The van der Waals surface area contributed by atoms with Gasteiger partial charge in [0.2, 0.25) is 5.90 Å². The van der Waals surface area contributed by atoms with Gasteiger partial charge < -0.3 is 9.47 Å². The highest BCUT2D eigenvalue weighted by atomic mass is 16.5. The first-order valence-corrected chi connectivity index (χ1v) is 8.48. The normalized spacial score (nSPS) is 11.9. The summed E-state index contributed by atoms with van der Waals surface area (Å²) in [6.45, 7) is 3.96. The molecule has 0 saturated carbocycles. The highest BCUT2D eigenvalue weighted by Gasteiger charge is 2.08. The fraction of sp³-hybridized carbons (Fsp3) is 0.0870. The molecule has 130 valence electrons. The SMILES string of the molecule is CC(=C\Oc1ccccc1)/C(=N\c1ccccc1)Oc1ccc(C)cc1. The Hall–Kier alpha value is -3.33. The van der Waals surface area contributed by atoms with Gasteiger partial charge in [-0.15, -0.1) is 0 Å². The molecule has 3 aromatic rings. The maximum atomic E-state index is 6.03. The minimum Gasteiger partial charge on any atom is -0.465 e. The lowest BCUT2D eigenvalue weighted by molar-refractivity contribution is 0.473. The van der Waals surface area contributed by atoms with Crippen LogP contribution < -0.4 is 9.47 Å². The number of para-hydroxylation sites is 2. The Kier molecular flexibility index (Phi) is 5.84. The summed E-state index contributed by atoms with van der Waals surface area (Å²) in [5, 5.41) is 0. The Balaban J connectivity index is 1.86. The fourth-order valence-corrected chi connectivity index (χ4v) is 2.24. The Labute approximate surface area is 154 Å². The molecule has 3 rings (SSSR count). The van der Waals surface area contributed by atoms with E-state index in [-0.39, 0.29) is 0 Å². The molecular formula is C23H21NO2. The number of aliphatic imine (C=N–C) groups is 1. The van der Waals surface area contributed by atoms with Crippen LogP contribution in [0.2, 0.25) is 0 Å². The predicted octanol–water partition coefficient (Wildman–Crippen LogP) is 6.09. The van der Waals surface area contributed by atoms with Crippen molar-refractivity contribution in [2.45, 2.75) is 13.8 Å². The molecule has 0 N–H and O–H groups in total. The van der Waals surface area contributed by atoms with Crippen LogP contribution >= 0.6 is 0 Å². The van der Waals surface area contributed by atoms with Gasteiger partial charge >= 0.3 is 0 Å². The van der Waals surface area contributed by atoms with Gasteiger partial charge in [-0.1, -0.05) is 54.1 Å². The predicted molar refractivity (Wildman–Crippen MR) is 106 cm³/mol. The van der Waals surface area contributed by atoms with Gasteiger partial charge in [-0.05, 0) is 50.2 Å². The average molecular weight is 343 g/mol. The van der Waals surface area contributed by atoms with Gasteiger partial charge in [0.05, 0.1) is 11.9 Å². The van der Waals surface area contributed by atoms with Crippen molar-refractivity contribution in [2.24, 2.45) is 4.99 Å². The van der Waals surface area contributed by atoms with E-state index in [2.05, 4.69) is 4.99 Å². The zero-order valence-electron chi connectivity index (χ0n) is 14.9. The molecule has 3 heteroatoms. The van der Waals surface area contributed by atoms with Crippen molar-refractivity contribution in [2.75, 3.05) is 0 Å². The third-order valence-electron chi connectivity index (χ3n) is 3.67. The van der Waals surface area contributed by atoms with E-state index in [1.54, 1.807) is 6.26 Å². The van der Waals surface area contributed by atoms with E-state index in [1.165, 1.54) is 5.56 Å². The van der Waals surface area contributed by atoms with E-state index in [0.717, 1.165) is 22.8 Å². The van der Waals surface area contributed by atoms with Gasteiger partial charge in [0.25, 0.3) is 0 Å². The van der Waals surface area contributed by atoms with E-state index in [4.69, 9.17) is 9.47 Å². The van der Waals surface area contributed by atoms with Crippen molar-refractivity contribution in [3.63, 3.8) is 0 Å². The van der Waals surface area contributed by atoms with Crippen LogP contribution in [0.1, 0.15) is 12.5 Å². The van der Waals surface area contributed by atoms with E-state index in [0.29, 0.717) is 5.90 Å². The van der Waals surface area contributed by atoms with Crippen LogP contribution in [0.4, 0.5) is 5.69 Å². The molecule has 0 spiro atoms. The lowest BCUT2D eigenvalue weighted by Crippen LogP contribution is -2.10. The first-order chi connectivity index (χ1) is 12.7. The smallest absolute Gasteiger partial charge is 0.225 e. The van der Waals surface area contributed by atoms with Crippen LogP contribution in [0.3, 0.4) is 0 Å². The molecule has 0 aliphatic rings. The van der Waals surface area contributed by atoms with E-state index in [1.807, 2.05) is 98.8 Å². The third kappa shape index (κ3) is 5.08. The van der Waals surface area contributed by atoms with E-state index in [9.17, 15) is 0 Å². The quantitative estimate of drug-likeness (QED) is 0.319. The Morgan fingerprint density at radius 3 is 2.04 bits per heavy atom. The Morgan fingerprint density at radius 1 is 0.769 bits per heavy atom. The summed E-state index contributed by atoms with van der Waals surface area (Å²) in [7, 11) is 0. The molecule has 0 amide bonds. The number of hydrogen-bond acceptors (Lipinski definition) is 3. The molecule has 0 fully saturated rings. The minimum absolute atomic E-state index is 0.496. The summed E-state index contributed by atoms with van der Waals surface area (Å²) >= 11 is 0. The molecule has 0 aliphatic carbocycles. The standard InChI is InChI=1S/C23H21NO2/c1-18-13-15-22(16-14-18)26-23(24-20-9-5-3-6-10-20)19(2)17-25-21-11-7-4-8-12-21/h3-17H,1-2H3/b19-17+,24-23+. The third-order valence-corrected chi connectivity index (χ3v) is 3.67. The lowest BCUT2D eigenvalue weighted by Gasteiger charge is -2.10. The molecule has 0 heterocycles. The summed E-state index contributed by atoms with van der Waals surface area (Å²) < 4.78 is 11.7. The van der Waals surface area contributed by atoms with Crippen molar-refractivity contribution < 1.29 is 9.47 Å². The van der Waals surface area contributed by atoms with Crippen LogP contribution in [0, 0.1) is 6.92 Å². The number of rotatable bonds is 5. The van der Waals surface area contributed by atoms with Gasteiger partial charge in [-0.25, -0.2) is 4.99 Å². The maximum absolute atomic E-state index is 6.03. The molecule has 3 nitrogen and oxygen atoms in total. The number of ether oxygens (including phenoxy) is 2. The summed E-state index contributed by atoms with van der Waals surface area (Å²) in [4.78, 5) is 4.63. The molecule has 0 bridgehead atoms. The monoisotopic (exact) mass is 343 g/mol. The largest absolute Gasteiger partial charge is 0.465 e.